The zero-order valence-corrected chi connectivity index (χ0v) is 10.2. The lowest BCUT2D eigenvalue weighted by Crippen LogP contribution is -2.04. The Morgan fingerprint density at radius 3 is 2.76 bits per heavy atom. The Hall–Kier alpha value is -1.66. The Balaban J connectivity index is 2.76. The normalized spacial score (nSPS) is 9.71. The van der Waals surface area contributed by atoms with Gasteiger partial charge in [-0.1, -0.05) is 6.07 Å². The van der Waals surface area contributed by atoms with Gasteiger partial charge in [-0.25, -0.2) is 0 Å². The monoisotopic (exact) mass is 233 g/mol. The molecule has 0 heterocycles. The Kier molecular flexibility index (Phi) is 5.98. The largest absolute Gasteiger partial charge is 0.490 e. The molecule has 0 bridgehead atoms. The molecule has 3 heteroatoms. The quantitative estimate of drug-likeness (QED) is 0.578. The molecule has 1 aromatic carbocycles. The summed E-state index contributed by atoms with van der Waals surface area (Å²) in [7, 11) is 0. The van der Waals surface area contributed by atoms with Crippen LogP contribution in [0.4, 0.5) is 0 Å². The van der Waals surface area contributed by atoms with Gasteiger partial charge in [0.1, 0.15) is 0 Å². The lowest BCUT2D eigenvalue weighted by molar-refractivity contribution is 0.281. The summed E-state index contributed by atoms with van der Waals surface area (Å²) in [4.78, 5) is 0. The van der Waals surface area contributed by atoms with E-state index < -0.39 is 0 Å². The first-order valence-corrected chi connectivity index (χ1v) is 5.83. The second kappa shape index (κ2) is 7.59. The molecular formula is C14H19NO2. The smallest absolute Gasteiger partial charge is 0.161 e. The highest BCUT2D eigenvalue weighted by molar-refractivity contribution is 5.43. The average Bonchev–Trinajstić information content (AvgIpc) is 2.33. The van der Waals surface area contributed by atoms with Crippen LogP contribution < -0.4 is 15.2 Å². The summed E-state index contributed by atoms with van der Waals surface area (Å²) >= 11 is 0. The predicted molar refractivity (Wildman–Crippen MR) is 69.3 cm³/mol. The Labute approximate surface area is 103 Å². The van der Waals surface area contributed by atoms with Gasteiger partial charge in [0.2, 0.25) is 0 Å². The average molecular weight is 233 g/mol. The molecule has 0 radical (unpaired) electrons. The van der Waals surface area contributed by atoms with Crippen LogP contribution >= 0.6 is 0 Å². The molecule has 0 saturated heterocycles. The molecule has 92 valence electrons. The fourth-order valence-corrected chi connectivity index (χ4v) is 1.48. The molecule has 0 atom stereocenters. The molecule has 0 unspecified atom stereocenters. The molecule has 0 amide bonds. The van der Waals surface area contributed by atoms with Crippen molar-refractivity contribution >= 4 is 0 Å². The molecule has 1 aromatic rings. The van der Waals surface area contributed by atoms with Gasteiger partial charge in [-0.3, -0.25) is 0 Å². The summed E-state index contributed by atoms with van der Waals surface area (Å²) in [6, 6.07) is 5.88. The number of hydrogen-bond acceptors (Lipinski definition) is 3. The number of benzene rings is 1. The summed E-state index contributed by atoms with van der Waals surface area (Å²) in [5.41, 5.74) is 6.68. The molecule has 2 N–H and O–H groups in total. The van der Waals surface area contributed by atoms with E-state index >= 15 is 0 Å². The van der Waals surface area contributed by atoms with E-state index in [4.69, 9.17) is 21.6 Å². The van der Waals surface area contributed by atoms with E-state index in [9.17, 15) is 0 Å². The van der Waals surface area contributed by atoms with Gasteiger partial charge >= 0.3 is 0 Å². The maximum Gasteiger partial charge on any atom is 0.161 e. The third-order valence-electron chi connectivity index (χ3n) is 2.24. The number of nitrogens with two attached hydrogens (primary N) is 1. The highest BCUT2D eigenvalue weighted by Crippen LogP contribution is 2.28. The van der Waals surface area contributed by atoms with Crippen LogP contribution in [-0.2, 0) is 6.42 Å². The standard InChI is InChI=1S/C14H19NO2/c1-3-5-10-17-13-7-6-12(8-9-15)11-14(13)16-4-2/h1,6-7,11H,4-5,8-10,15H2,2H3. The van der Waals surface area contributed by atoms with Crippen molar-refractivity contribution in [3.05, 3.63) is 23.8 Å². The fraction of sp³-hybridized carbons (Fsp3) is 0.429. The van der Waals surface area contributed by atoms with Gasteiger partial charge in [-0.15, -0.1) is 12.3 Å². The van der Waals surface area contributed by atoms with E-state index in [1.165, 1.54) is 0 Å². The third-order valence-corrected chi connectivity index (χ3v) is 2.24. The van der Waals surface area contributed by atoms with E-state index in [-0.39, 0.29) is 0 Å². The molecule has 0 aromatic heterocycles. The molecule has 3 nitrogen and oxygen atoms in total. The van der Waals surface area contributed by atoms with Gasteiger partial charge in [-0.2, -0.15) is 0 Å². The summed E-state index contributed by atoms with van der Waals surface area (Å²) in [6.45, 7) is 3.69. The summed E-state index contributed by atoms with van der Waals surface area (Å²) in [6.07, 6.45) is 6.61. The Morgan fingerprint density at radius 2 is 2.12 bits per heavy atom. The molecular weight excluding hydrogens is 214 g/mol. The van der Waals surface area contributed by atoms with Gasteiger partial charge in [0.05, 0.1) is 13.2 Å². The van der Waals surface area contributed by atoms with Crippen LogP contribution in [-0.4, -0.2) is 19.8 Å². The molecule has 1 rings (SSSR count). The summed E-state index contributed by atoms with van der Waals surface area (Å²) in [5.74, 6) is 4.04. The molecule has 0 aliphatic heterocycles. The Morgan fingerprint density at radius 1 is 1.29 bits per heavy atom. The van der Waals surface area contributed by atoms with Crippen LogP contribution in [0.2, 0.25) is 0 Å². The van der Waals surface area contributed by atoms with Crippen molar-refractivity contribution in [1.29, 1.82) is 0 Å². The van der Waals surface area contributed by atoms with Crippen molar-refractivity contribution in [1.82, 2.24) is 0 Å². The van der Waals surface area contributed by atoms with E-state index in [1.807, 2.05) is 25.1 Å². The number of terminal acetylenes is 1. The van der Waals surface area contributed by atoms with Crippen LogP contribution in [0.3, 0.4) is 0 Å². The van der Waals surface area contributed by atoms with E-state index in [0.29, 0.717) is 26.2 Å². The van der Waals surface area contributed by atoms with E-state index in [1.54, 1.807) is 0 Å². The van der Waals surface area contributed by atoms with Crippen molar-refractivity contribution in [2.24, 2.45) is 5.73 Å². The van der Waals surface area contributed by atoms with Crippen LogP contribution in [0.5, 0.6) is 11.5 Å². The Bertz CT molecular complexity index is 382. The molecule has 0 saturated carbocycles. The van der Waals surface area contributed by atoms with E-state index in [2.05, 4.69) is 5.92 Å². The number of hydrogen-bond donors (Lipinski definition) is 1. The first-order valence-electron chi connectivity index (χ1n) is 5.83. The topological polar surface area (TPSA) is 44.5 Å². The molecule has 0 spiro atoms. The SMILES string of the molecule is C#CCCOc1ccc(CCN)cc1OCC. The molecule has 0 aliphatic carbocycles. The van der Waals surface area contributed by atoms with E-state index in [0.717, 1.165) is 23.5 Å². The summed E-state index contributed by atoms with van der Waals surface area (Å²) < 4.78 is 11.1. The lowest BCUT2D eigenvalue weighted by atomic mass is 10.1. The summed E-state index contributed by atoms with van der Waals surface area (Å²) in [5, 5.41) is 0. The van der Waals surface area contributed by atoms with Gasteiger partial charge < -0.3 is 15.2 Å². The molecule has 0 aliphatic rings. The van der Waals surface area contributed by atoms with Crippen molar-refractivity contribution in [2.45, 2.75) is 19.8 Å². The fourth-order valence-electron chi connectivity index (χ4n) is 1.48. The van der Waals surface area contributed by atoms with Crippen LogP contribution in [0.25, 0.3) is 0 Å². The van der Waals surface area contributed by atoms with Gasteiger partial charge in [-0.05, 0) is 37.6 Å². The maximum atomic E-state index is 5.56. The minimum atomic E-state index is 0.507. The maximum absolute atomic E-state index is 5.56. The minimum Gasteiger partial charge on any atom is -0.490 e. The second-order valence-electron chi connectivity index (χ2n) is 3.56. The molecule has 0 fully saturated rings. The highest BCUT2D eigenvalue weighted by atomic mass is 16.5. The predicted octanol–water partition coefficient (Wildman–Crippen LogP) is 1.99. The van der Waals surface area contributed by atoms with Crippen molar-refractivity contribution in [2.75, 3.05) is 19.8 Å². The van der Waals surface area contributed by atoms with Crippen LogP contribution in [0.15, 0.2) is 18.2 Å². The van der Waals surface area contributed by atoms with Crippen LogP contribution in [0, 0.1) is 12.3 Å². The highest BCUT2D eigenvalue weighted by Gasteiger charge is 2.05. The van der Waals surface area contributed by atoms with Gasteiger partial charge in [0.25, 0.3) is 0 Å². The van der Waals surface area contributed by atoms with Gasteiger partial charge in [0, 0.05) is 6.42 Å². The first kappa shape index (κ1) is 13.4. The number of ether oxygens (including phenoxy) is 2. The van der Waals surface area contributed by atoms with Crippen molar-refractivity contribution in [3.8, 4) is 23.8 Å². The zero-order chi connectivity index (χ0) is 12.5. The zero-order valence-electron chi connectivity index (χ0n) is 10.2. The minimum absolute atomic E-state index is 0.507. The number of rotatable bonds is 7. The second-order valence-corrected chi connectivity index (χ2v) is 3.56. The third kappa shape index (κ3) is 4.38. The first-order chi connectivity index (χ1) is 8.31. The lowest BCUT2D eigenvalue weighted by Gasteiger charge is -2.12. The van der Waals surface area contributed by atoms with Gasteiger partial charge in [0.15, 0.2) is 11.5 Å². The van der Waals surface area contributed by atoms with Crippen LogP contribution in [0.1, 0.15) is 18.9 Å². The van der Waals surface area contributed by atoms with Crippen molar-refractivity contribution in [3.63, 3.8) is 0 Å². The van der Waals surface area contributed by atoms with Crippen molar-refractivity contribution < 1.29 is 9.47 Å². The molecule has 17 heavy (non-hydrogen) atoms.